The van der Waals surface area contributed by atoms with E-state index in [1.54, 1.807) is 14.0 Å². The Hall–Kier alpha value is -3.31. The zero-order chi connectivity index (χ0) is 31.0. The second-order valence-electron chi connectivity index (χ2n) is 12.4. The number of carbonyl (C=O) groups excluding carboxylic acids is 1. The zero-order valence-corrected chi connectivity index (χ0v) is 25.7. The van der Waals surface area contributed by atoms with Gasteiger partial charge in [-0.1, -0.05) is 39.0 Å². The molecule has 8 nitrogen and oxygen atoms in total. The summed E-state index contributed by atoms with van der Waals surface area (Å²) >= 11 is 0. The second kappa shape index (κ2) is 11.8. The third kappa shape index (κ3) is 5.94. The van der Waals surface area contributed by atoms with Crippen LogP contribution >= 0.6 is 0 Å². The summed E-state index contributed by atoms with van der Waals surface area (Å²) in [6.07, 6.45) is 2.54. The van der Waals surface area contributed by atoms with Crippen LogP contribution in [0.2, 0.25) is 0 Å². The lowest BCUT2D eigenvalue weighted by molar-refractivity contribution is -0.138. The molecule has 3 aromatic rings. The Morgan fingerprint density at radius 3 is 2.45 bits per heavy atom. The van der Waals surface area contributed by atoms with Crippen molar-refractivity contribution in [2.75, 3.05) is 46.2 Å². The van der Waals surface area contributed by atoms with Crippen LogP contribution in [0.1, 0.15) is 69.0 Å². The maximum atomic E-state index is 15.6. The number of hydrogen-bond donors (Lipinski definition) is 1. The van der Waals surface area contributed by atoms with Crippen LogP contribution in [-0.4, -0.2) is 71.5 Å². The number of amides is 1. The van der Waals surface area contributed by atoms with Gasteiger partial charge >= 0.3 is 0 Å². The van der Waals surface area contributed by atoms with Crippen LogP contribution in [0, 0.1) is 18.2 Å². The monoisotopic (exact) mass is 586 g/mol. The van der Waals surface area contributed by atoms with Gasteiger partial charge in [0, 0.05) is 42.4 Å². The minimum atomic E-state index is -3.37. The van der Waals surface area contributed by atoms with E-state index in [4.69, 9.17) is 9.72 Å². The van der Waals surface area contributed by atoms with Gasteiger partial charge in [0.15, 0.2) is 5.65 Å². The lowest BCUT2D eigenvalue weighted by atomic mass is 9.82. The van der Waals surface area contributed by atoms with Gasteiger partial charge < -0.3 is 19.9 Å². The van der Waals surface area contributed by atoms with Gasteiger partial charge in [-0.2, -0.15) is 0 Å². The quantitative estimate of drug-likeness (QED) is 0.357. The maximum absolute atomic E-state index is 15.6. The number of anilines is 1. The number of aromatic nitrogens is 3. The topological polar surface area (TPSA) is 83.5 Å². The lowest BCUT2D eigenvalue weighted by Crippen LogP contribution is -2.48. The molecule has 1 saturated heterocycles. The molecule has 0 spiro atoms. The average molecular weight is 587 g/mol. The van der Waals surface area contributed by atoms with Crippen molar-refractivity contribution >= 4 is 22.8 Å². The molecule has 11 heteroatoms. The Morgan fingerprint density at radius 2 is 1.86 bits per heavy atom. The minimum Gasteiger partial charge on any atom is -0.373 e. The van der Waals surface area contributed by atoms with Gasteiger partial charge in [0.1, 0.15) is 18.0 Å². The number of rotatable bonds is 8. The predicted octanol–water partition coefficient (Wildman–Crippen LogP) is 5.81. The van der Waals surface area contributed by atoms with E-state index in [0.29, 0.717) is 49.3 Å². The highest BCUT2D eigenvalue weighted by molar-refractivity contribution is 5.87. The average Bonchev–Trinajstić information content (AvgIpc) is 2.91. The molecule has 2 aromatic heterocycles. The second-order valence-corrected chi connectivity index (χ2v) is 12.4. The molecule has 1 aliphatic rings. The van der Waals surface area contributed by atoms with Crippen molar-refractivity contribution < 1.29 is 22.7 Å². The molecule has 42 heavy (non-hydrogen) atoms. The van der Waals surface area contributed by atoms with Crippen molar-refractivity contribution in [1.82, 2.24) is 24.8 Å². The number of likely N-dealkylation sites (N-methyl/N-ethyl adjacent to an activating group) is 1. The highest BCUT2D eigenvalue weighted by atomic mass is 19.3. The van der Waals surface area contributed by atoms with Gasteiger partial charge in [0.2, 0.25) is 5.91 Å². The summed E-state index contributed by atoms with van der Waals surface area (Å²) in [7, 11) is 5.39. The van der Waals surface area contributed by atoms with E-state index in [1.165, 1.54) is 39.2 Å². The number of pyridine rings is 1. The first kappa shape index (κ1) is 31.6. The third-order valence-corrected chi connectivity index (χ3v) is 8.20. The number of carbonyl (C=O) groups is 1. The van der Waals surface area contributed by atoms with Gasteiger partial charge in [-0.25, -0.2) is 28.1 Å². The first-order valence-corrected chi connectivity index (χ1v) is 14.1. The number of ether oxygens (including phenoxy) is 1. The molecule has 0 radical (unpaired) electrons. The predicted molar refractivity (Wildman–Crippen MR) is 157 cm³/mol. The number of halogens is 3. The van der Waals surface area contributed by atoms with Crippen LogP contribution in [0.25, 0.3) is 11.0 Å². The molecular weight excluding hydrogens is 545 g/mol. The van der Waals surface area contributed by atoms with Crippen molar-refractivity contribution in [2.24, 2.45) is 5.41 Å². The van der Waals surface area contributed by atoms with Crippen LogP contribution in [0.15, 0.2) is 30.6 Å². The summed E-state index contributed by atoms with van der Waals surface area (Å²) in [5, 5.41) is 3.81. The first-order valence-electron chi connectivity index (χ1n) is 14.1. The molecule has 1 aliphatic heterocycles. The lowest BCUT2D eigenvalue weighted by Gasteiger charge is -2.42. The van der Waals surface area contributed by atoms with Crippen LogP contribution in [0.4, 0.5) is 19.0 Å². The molecule has 0 unspecified atom stereocenters. The molecule has 1 amide bonds. The summed E-state index contributed by atoms with van der Waals surface area (Å²) in [6, 6.07) is 5.33. The third-order valence-electron chi connectivity index (χ3n) is 8.20. The molecule has 0 aliphatic carbocycles. The number of likely N-dealkylation sites (tertiary alicyclic amines) is 1. The molecule has 228 valence electrons. The SMILES string of the molecule is COC1(c2cc3c(N[C@H](C)c4cccc(C(F)(F)C(C)(C)C)c4F)ncnc3nc2C)CCN(C(=O)CN(C)C)CC1. The van der Waals surface area contributed by atoms with E-state index in [0.717, 1.165) is 17.3 Å². The van der Waals surface area contributed by atoms with Crippen molar-refractivity contribution in [3.05, 3.63) is 58.8 Å². The number of benzene rings is 1. The summed E-state index contributed by atoms with van der Waals surface area (Å²) < 4.78 is 51.9. The number of hydrogen-bond acceptors (Lipinski definition) is 7. The Balaban J connectivity index is 1.67. The van der Waals surface area contributed by atoms with Gasteiger partial charge in [-0.3, -0.25) is 4.79 Å². The van der Waals surface area contributed by atoms with Crippen molar-refractivity contribution in [1.29, 1.82) is 0 Å². The van der Waals surface area contributed by atoms with Crippen LogP contribution < -0.4 is 5.32 Å². The summed E-state index contributed by atoms with van der Waals surface area (Å²) in [4.78, 5) is 29.8. The van der Waals surface area contributed by atoms with Crippen LogP contribution in [0.5, 0.6) is 0 Å². The highest BCUT2D eigenvalue weighted by Gasteiger charge is 2.47. The van der Waals surface area contributed by atoms with Crippen molar-refractivity contribution in [2.45, 2.75) is 65.0 Å². The van der Waals surface area contributed by atoms with E-state index in [1.807, 2.05) is 36.9 Å². The summed E-state index contributed by atoms with van der Waals surface area (Å²) in [5.74, 6) is -3.84. The molecule has 0 saturated carbocycles. The fraction of sp³-hybridized carbons (Fsp3) is 0.548. The largest absolute Gasteiger partial charge is 0.373 e. The minimum absolute atomic E-state index is 0.0727. The molecular formula is C31H41F3N6O2. The van der Waals surface area contributed by atoms with E-state index in [9.17, 15) is 4.79 Å². The molecule has 1 fully saturated rings. The number of nitrogens with one attached hydrogen (secondary N) is 1. The van der Waals surface area contributed by atoms with Crippen molar-refractivity contribution in [3.8, 4) is 0 Å². The van der Waals surface area contributed by atoms with Gasteiger partial charge in [0.25, 0.3) is 5.92 Å². The van der Waals surface area contributed by atoms with E-state index >= 15 is 13.2 Å². The fourth-order valence-electron chi connectivity index (χ4n) is 5.54. The van der Waals surface area contributed by atoms with Crippen LogP contribution in [-0.2, 0) is 21.1 Å². The van der Waals surface area contributed by atoms with E-state index in [2.05, 4.69) is 15.3 Å². The van der Waals surface area contributed by atoms with Gasteiger partial charge in [0.05, 0.1) is 29.1 Å². The number of aryl methyl sites for hydroxylation is 1. The molecule has 1 N–H and O–H groups in total. The maximum Gasteiger partial charge on any atom is 0.280 e. The van der Waals surface area contributed by atoms with E-state index < -0.39 is 34.4 Å². The smallest absolute Gasteiger partial charge is 0.280 e. The zero-order valence-electron chi connectivity index (χ0n) is 25.7. The fourth-order valence-corrected chi connectivity index (χ4v) is 5.54. The van der Waals surface area contributed by atoms with Gasteiger partial charge in [-0.05, 0) is 46.9 Å². The van der Waals surface area contributed by atoms with E-state index in [-0.39, 0.29) is 11.5 Å². The Kier molecular flexibility index (Phi) is 8.85. The number of fused-ring (bicyclic) bond motifs is 1. The summed E-state index contributed by atoms with van der Waals surface area (Å²) in [6.45, 7) is 9.19. The standard InChI is InChI=1S/C31H41F3N6O2/c1-19(21-10-9-11-23(26(21)32)31(33,34)29(3,4)5)37-27-22-16-24(20(2)38-28(22)36-18-35-27)30(42-8)12-14-40(15-13-30)25(41)17-39(6)7/h9-11,16,18-19H,12-15,17H2,1-8H3,(H,35,36,37,38)/t19-/m1/s1. The van der Waals surface area contributed by atoms with Gasteiger partial charge in [-0.15, -0.1) is 0 Å². The van der Waals surface area contributed by atoms with Crippen LogP contribution in [0.3, 0.4) is 0 Å². The molecule has 4 rings (SSSR count). The highest BCUT2D eigenvalue weighted by Crippen LogP contribution is 2.46. The molecule has 1 aromatic carbocycles. The number of methoxy groups -OCH3 is 1. The summed E-state index contributed by atoms with van der Waals surface area (Å²) in [5.41, 5.74) is -0.604. The number of piperidine rings is 1. The normalized spacial score (nSPS) is 16.6. The molecule has 3 heterocycles. The Morgan fingerprint density at radius 1 is 1.19 bits per heavy atom. The molecule has 0 bridgehead atoms. The first-order chi connectivity index (χ1) is 19.6. The Labute approximate surface area is 245 Å². The number of nitrogens with zero attached hydrogens (tertiary/aromatic N) is 5. The Bertz CT molecular complexity index is 1450. The van der Waals surface area contributed by atoms with Crippen molar-refractivity contribution in [3.63, 3.8) is 0 Å². The number of alkyl halides is 2. The molecule has 1 atom stereocenters.